The highest BCUT2D eigenvalue weighted by atomic mass is 35.5. The summed E-state index contributed by atoms with van der Waals surface area (Å²) in [6.45, 7) is 5.38. The third-order valence-electron chi connectivity index (χ3n) is 6.29. The van der Waals surface area contributed by atoms with Crippen molar-refractivity contribution in [3.8, 4) is 11.3 Å². The van der Waals surface area contributed by atoms with Gasteiger partial charge in [-0.1, -0.05) is 29.3 Å². The zero-order valence-electron chi connectivity index (χ0n) is 18.6. The molecule has 34 heavy (non-hydrogen) atoms. The van der Waals surface area contributed by atoms with Gasteiger partial charge in [-0.05, 0) is 61.1 Å². The molecule has 2 aliphatic rings. The van der Waals surface area contributed by atoms with Crippen LogP contribution in [-0.2, 0) is 4.74 Å². The van der Waals surface area contributed by atoms with Crippen molar-refractivity contribution in [3.05, 3.63) is 76.2 Å². The summed E-state index contributed by atoms with van der Waals surface area (Å²) in [7, 11) is 0. The molecule has 6 nitrogen and oxygen atoms in total. The minimum absolute atomic E-state index is 0.114. The van der Waals surface area contributed by atoms with E-state index in [-0.39, 0.29) is 12.1 Å². The fourth-order valence-corrected chi connectivity index (χ4v) is 5.42. The Morgan fingerprint density at radius 3 is 2.68 bits per heavy atom. The normalized spacial score (nSPS) is 21.1. The van der Waals surface area contributed by atoms with Crippen LogP contribution in [0.1, 0.15) is 30.0 Å². The molecule has 9 heteroatoms. The molecule has 2 aliphatic heterocycles. The maximum atomic E-state index is 6.44. The second kappa shape index (κ2) is 10.6. The molecular weight excluding hydrogens is 491 g/mol. The second-order valence-electron chi connectivity index (χ2n) is 8.45. The molecule has 0 amide bonds. The van der Waals surface area contributed by atoms with E-state index in [0.717, 1.165) is 62.8 Å². The molecule has 1 N–H and O–H groups in total. The van der Waals surface area contributed by atoms with Gasteiger partial charge in [-0.3, -0.25) is 9.88 Å². The number of halogens is 2. The summed E-state index contributed by atoms with van der Waals surface area (Å²) in [6, 6.07) is 15.1. The van der Waals surface area contributed by atoms with Gasteiger partial charge in [0.25, 0.3) is 0 Å². The summed E-state index contributed by atoms with van der Waals surface area (Å²) in [5, 5.41) is 5.34. The van der Waals surface area contributed by atoms with Gasteiger partial charge in [0.15, 0.2) is 5.11 Å². The van der Waals surface area contributed by atoms with Crippen molar-refractivity contribution in [3.63, 3.8) is 0 Å². The van der Waals surface area contributed by atoms with Crippen LogP contribution in [-0.4, -0.2) is 59.3 Å². The third kappa shape index (κ3) is 5.09. The predicted molar refractivity (Wildman–Crippen MR) is 138 cm³/mol. The molecule has 5 rings (SSSR count). The lowest BCUT2D eigenvalue weighted by molar-refractivity contribution is 0.0365. The topological polar surface area (TPSA) is 53.8 Å². The Morgan fingerprint density at radius 2 is 1.91 bits per heavy atom. The summed E-state index contributed by atoms with van der Waals surface area (Å²) in [5.74, 6) is 1.51. The zero-order valence-corrected chi connectivity index (χ0v) is 21.0. The average molecular weight is 517 g/mol. The first-order chi connectivity index (χ1) is 16.6. The van der Waals surface area contributed by atoms with Crippen molar-refractivity contribution < 1.29 is 9.15 Å². The second-order valence-corrected chi connectivity index (χ2v) is 9.68. The van der Waals surface area contributed by atoms with Gasteiger partial charge in [-0.25, -0.2) is 0 Å². The molecule has 2 unspecified atom stereocenters. The number of pyridine rings is 1. The Balaban J connectivity index is 1.41. The Labute approximate surface area is 214 Å². The van der Waals surface area contributed by atoms with Crippen LogP contribution in [0.25, 0.3) is 11.3 Å². The van der Waals surface area contributed by atoms with Crippen LogP contribution >= 0.6 is 35.4 Å². The molecule has 2 aromatic heterocycles. The monoisotopic (exact) mass is 516 g/mol. The van der Waals surface area contributed by atoms with Gasteiger partial charge in [-0.2, -0.15) is 0 Å². The van der Waals surface area contributed by atoms with E-state index in [0.29, 0.717) is 20.9 Å². The summed E-state index contributed by atoms with van der Waals surface area (Å²) < 4.78 is 11.8. The largest absolute Gasteiger partial charge is 0.459 e. The number of rotatable bonds is 7. The molecule has 4 heterocycles. The zero-order chi connectivity index (χ0) is 23.5. The van der Waals surface area contributed by atoms with E-state index in [1.807, 2.05) is 42.5 Å². The number of benzene rings is 1. The number of thiocarbonyl (C=S) groups is 1. The summed E-state index contributed by atoms with van der Waals surface area (Å²) in [5.41, 5.74) is 1.73. The summed E-state index contributed by atoms with van der Waals surface area (Å²) >= 11 is 18.3. The number of morpholine rings is 1. The predicted octanol–water partition coefficient (Wildman–Crippen LogP) is 5.34. The van der Waals surface area contributed by atoms with Gasteiger partial charge >= 0.3 is 0 Å². The van der Waals surface area contributed by atoms with Crippen molar-refractivity contribution in [1.29, 1.82) is 0 Å². The Morgan fingerprint density at radius 1 is 1.06 bits per heavy atom. The van der Waals surface area contributed by atoms with Crippen molar-refractivity contribution in [2.24, 2.45) is 0 Å². The molecule has 2 fully saturated rings. The lowest BCUT2D eigenvalue weighted by Crippen LogP contribution is -2.38. The minimum Gasteiger partial charge on any atom is -0.459 e. The van der Waals surface area contributed by atoms with Gasteiger partial charge < -0.3 is 19.4 Å². The molecule has 0 aliphatic carbocycles. The van der Waals surface area contributed by atoms with Crippen LogP contribution in [0.15, 0.2) is 59.1 Å². The fraction of sp³-hybridized carbons (Fsp3) is 0.360. The molecule has 178 valence electrons. The molecule has 0 bridgehead atoms. The van der Waals surface area contributed by atoms with Gasteiger partial charge in [0.2, 0.25) is 0 Å². The number of hydrogen-bond donors (Lipinski definition) is 1. The molecule has 0 spiro atoms. The quantitative estimate of drug-likeness (QED) is 0.425. The van der Waals surface area contributed by atoms with E-state index in [2.05, 4.69) is 20.1 Å². The van der Waals surface area contributed by atoms with E-state index in [1.165, 1.54) is 0 Å². The lowest BCUT2D eigenvalue weighted by Gasteiger charge is -2.29. The maximum absolute atomic E-state index is 6.44. The van der Waals surface area contributed by atoms with Crippen molar-refractivity contribution in [1.82, 2.24) is 20.1 Å². The number of nitrogens with zero attached hydrogens (tertiary/aromatic N) is 3. The van der Waals surface area contributed by atoms with Crippen LogP contribution < -0.4 is 5.32 Å². The maximum Gasteiger partial charge on any atom is 0.170 e. The third-order valence-corrected chi connectivity index (χ3v) is 7.19. The van der Waals surface area contributed by atoms with Crippen molar-refractivity contribution in [2.45, 2.75) is 18.5 Å². The highest BCUT2D eigenvalue weighted by Crippen LogP contribution is 2.41. The van der Waals surface area contributed by atoms with Gasteiger partial charge in [0.1, 0.15) is 17.6 Å². The summed E-state index contributed by atoms with van der Waals surface area (Å²) in [6.07, 6.45) is 2.79. The highest BCUT2D eigenvalue weighted by molar-refractivity contribution is 7.80. The first-order valence-corrected chi connectivity index (χ1v) is 12.6. The SMILES string of the molecule is S=C1NC(c2ccccn2)C(c2ccc(-c3ccc(Cl)cc3Cl)o2)N1CCCN1CCOCC1. The number of ether oxygens (including phenoxy) is 1. The molecule has 2 atom stereocenters. The fourth-order valence-electron chi connectivity index (χ4n) is 4.59. The van der Waals surface area contributed by atoms with Crippen molar-refractivity contribution in [2.75, 3.05) is 39.4 Å². The molecular formula is C25H26Cl2N4O2S. The number of nitrogens with one attached hydrogen (secondary N) is 1. The molecule has 2 saturated heterocycles. The van der Waals surface area contributed by atoms with Crippen LogP contribution in [0.4, 0.5) is 0 Å². The Kier molecular flexibility index (Phi) is 7.37. The van der Waals surface area contributed by atoms with E-state index >= 15 is 0 Å². The van der Waals surface area contributed by atoms with E-state index in [9.17, 15) is 0 Å². The van der Waals surface area contributed by atoms with Gasteiger partial charge in [0.05, 0.1) is 30.0 Å². The Hall–Kier alpha value is -2.16. The molecule has 0 radical (unpaired) electrons. The first-order valence-electron chi connectivity index (χ1n) is 11.4. The highest BCUT2D eigenvalue weighted by Gasteiger charge is 2.41. The number of aromatic nitrogens is 1. The van der Waals surface area contributed by atoms with E-state index in [4.69, 9.17) is 44.6 Å². The summed E-state index contributed by atoms with van der Waals surface area (Å²) in [4.78, 5) is 9.26. The Bertz CT molecular complexity index is 1140. The van der Waals surface area contributed by atoms with Gasteiger partial charge in [0, 0.05) is 43.0 Å². The average Bonchev–Trinajstić information content (AvgIpc) is 3.45. The van der Waals surface area contributed by atoms with Crippen LogP contribution in [0.5, 0.6) is 0 Å². The lowest BCUT2D eigenvalue weighted by atomic mass is 10.0. The van der Waals surface area contributed by atoms with E-state index in [1.54, 1.807) is 12.3 Å². The molecule has 0 saturated carbocycles. The van der Waals surface area contributed by atoms with Crippen LogP contribution in [0.2, 0.25) is 10.0 Å². The van der Waals surface area contributed by atoms with Gasteiger partial charge in [-0.15, -0.1) is 0 Å². The van der Waals surface area contributed by atoms with Crippen LogP contribution in [0, 0.1) is 0 Å². The number of furan rings is 1. The van der Waals surface area contributed by atoms with E-state index < -0.39 is 0 Å². The molecule has 1 aromatic carbocycles. The van der Waals surface area contributed by atoms with Crippen molar-refractivity contribution >= 4 is 40.5 Å². The number of hydrogen-bond acceptors (Lipinski definition) is 5. The molecule has 3 aromatic rings. The minimum atomic E-state index is -0.119. The smallest absolute Gasteiger partial charge is 0.170 e. The first kappa shape index (κ1) is 23.6. The standard InChI is InChI=1S/C25H26Cl2N4O2S/c26-17-5-6-18(19(27)16-17)21-7-8-22(33-21)24-23(20-4-1-2-9-28-20)29-25(34)31(24)11-3-10-30-12-14-32-15-13-30/h1-2,4-9,16,23-24H,3,10-15H2,(H,29,34). The van der Waals surface area contributed by atoms with Crippen LogP contribution in [0.3, 0.4) is 0 Å².